The Kier molecular flexibility index (Phi) is 7.37. The third kappa shape index (κ3) is 5.85. The highest BCUT2D eigenvalue weighted by molar-refractivity contribution is 6.00. The van der Waals surface area contributed by atoms with Crippen LogP contribution in [0, 0.1) is 0 Å². The number of nitrogens with one attached hydrogen (secondary N) is 3. The number of benzene rings is 2. The van der Waals surface area contributed by atoms with Gasteiger partial charge in [-0.05, 0) is 49.7 Å². The van der Waals surface area contributed by atoms with Crippen LogP contribution in [-0.2, 0) is 4.79 Å². The standard InChI is InChI=1S/C20H23N3O4/c1-3-7-18(24)21-15-12-10-14(11-13-15)19(25)22-23-20(26)16-8-5-6-9-17(16)27-4-2/h5-6,8-13H,3-4,7H2,1-2H3,(H,21,24)(H,22,25)(H,23,26). The molecule has 0 aromatic heterocycles. The summed E-state index contributed by atoms with van der Waals surface area (Å²) < 4.78 is 5.40. The maximum Gasteiger partial charge on any atom is 0.273 e. The number of carbonyl (C=O) groups excluding carboxylic acids is 3. The summed E-state index contributed by atoms with van der Waals surface area (Å²) in [6, 6.07) is 13.2. The van der Waals surface area contributed by atoms with E-state index in [9.17, 15) is 14.4 Å². The molecule has 2 aromatic rings. The fraction of sp³-hybridized carbons (Fsp3) is 0.250. The minimum atomic E-state index is -0.476. The van der Waals surface area contributed by atoms with Crippen LogP contribution < -0.4 is 20.9 Å². The Bertz CT molecular complexity index is 803. The van der Waals surface area contributed by atoms with E-state index in [2.05, 4.69) is 16.2 Å². The van der Waals surface area contributed by atoms with Gasteiger partial charge in [-0.3, -0.25) is 25.2 Å². The molecule has 0 unspecified atom stereocenters. The second-order valence-electron chi connectivity index (χ2n) is 5.71. The second kappa shape index (κ2) is 9.96. The van der Waals surface area contributed by atoms with E-state index in [0.717, 1.165) is 6.42 Å². The molecule has 27 heavy (non-hydrogen) atoms. The highest BCUT2D eigenvalue weighted by Crippen LogP contribution is 2.17. The van der Waals surface area contributed by atoms with Gasteiger partial charge in [-0.2, -0.15) is 0 Å². The van der Waals surface area contributed by atoms with E-state index in [1.165, 1.54) is 0 Å². The van der Waals surface area contributed by atoms with E-state index in [-0.39, 0.29) is 5.91 Å². The van der Waals surface area contributed by atoms with Gasteiger partial charge in [-0.15, -0.1) is 0 Å². The molecule has 0 fully saturated rings. The van der Waals surface area contributed by atoms with Gasteiger partial charge in [-0.25, -0.2) is 0 Å². The molecular weight excluding hydrogens is 346 g/mol. The molecule has 2 rings (SSSR count). The van der Waals surface area contributed by atoms with E-state index >= 15 is 0 Å². The maximum absolute atomic E-state index is 12.3. The zero-order valence-corrected chi connectivity index (χ0v) is 15.4. The normalized spacial score (nSPS) is 10.0. The zero-order valence-electron chi connectivity index (χ0n) is 15.4. The summed E-state index contributed by atoms with van der Waals surface area (Å²) >= 11 is 0. The van der Waals surface area contributed by atoms with E-state index < -0.39 is 11.8 Å². The number of para-hydroxylation sites is 1. The van der Waals surface area contributed by atoms with E-state index in [1.54, 1.807) is 48.5 Å². The van der Waals surface area contributed by atoms with Crippen LogP contribution >= 0.6 is 0 Å². The van der Waals surface area contributed by atoms with Crippen molar-refractivity contribution in [1.82, 2.24) is 10.9 Å². The average molecular weight is 369 g/mol. The average Bonchev–Trinajstić information content (AvgIpc) is 2.67. The van der Waals surface area contributed by atoms with Crippen molar-refractivity contribution < 1.29 is 19.1 Å². The van der Waals surface area contributed by atoms with Crippen molar-refractivity contribution in [2.24, 2.45) is 0 Å². The smallest absolute Gasteiger partial charge is 0.273 e. The molecule has 0 aliphatic carbocycles. The third-order valence-corrected chi connectivity index (χ3v) is 3.63. The van der Waals surface area contributed by atoms with Gasteiger partial charge in [0.25, 0.3) is 11.8 Å². The number of carbonyl (C=O) groups is 3. The first-order chi connectivity index (χ1) is 13.0. The molecule has 0 radical (unpaired) electrons. The number of hydrogen-bond acceptors (Lipinski definition) is 4. The first kappa shape index (κ1) is 20.0. The summed E-state index contributed by atoms with van der Waals surface area (Å²) in [6.07, 6.45) is 1.20. The van der Waals surface area contributed by atoms with Crippen LogP contribution in [0.1, 0.15) is 47.4 Å². The Labute approximate surface area is 158 Å². The van der Waals surface area contributed by atoms with Crippen LogP contribution in [0.25, 0.3) is 0 Å². The number of hydrogen-bond donors (Lipinski definition) is 3. The van der Waals surface area contributed by atoms with Gasteiger partial charge in [0.2, 0.25) is 5.91 Å². The molecule has 0 atom stereocenters. The highest BCUT2D eigenvalue weighted by Gasteiger charge is 2.13. The third-order valence-electron chi connectivity index (χ3n) is 3.63. The molecule has 0 heterocycles. The lowest BCUT2D eigenvalue weighted by Gasteiger charge is -2.11. The minimum Gasteiger partial charge on any atom is -0.493 e. The zero-order chi connectivity index (χ0) is 19.6. The largest absolute Gasteiger partial charge is 0.493 e. The molecule has 0 aliphatic heterocycles. The Morgan fingerprint density at radius 1 is 0.889 bits per heavy atom. The van der Waals surface area contributed by atoms with Crippen LogP contribution in [0.4, 0.5) is 5.69 Å². The van der Waals surface area contributed by atoms with Crippen LogP contribution in [0.2, 0.25) is 0 Å². The topological polar surface area (TPSA) is 96.5 Å². The molecular formula is C20H23N3O4. The Morgan fingerprint density at radius 3 is 2.22 bits per heavy atom. The fourth-order valence-electron chi connectivity index (χ4n) is 2.34. The van der Waals surface area contributed by atoms with Gasteiger partial charge in [-0.1, -0.05) is 19.1 Å². The van der Waals surface area contributed by atoms with Crippen LogP contribution in [0.15, 0.2) is 48.5 Å². The van der Waals surface area contributed by atoms with Crippen LogP contribution in [0.5, 0.6) is 5.75 Å². The van der Waals surface area contributed by atoms with Crippen molar-refractivity contribution in [2.45, 2.75) is 26.7 Å². The Hall–Kier alpha value is -3.35. The van der Waals surface area contributed by atoms with E-state index in [0.29, 0.717) is 35.6 Å². The molecule has 0 aliphatic rings. The molecule has 142 valence electrons. The monoisotopic (exact) mass is 369 g/mol. The number of hydrazine groups is 1. The quantitative estimate of drug-likeness (QED) is 0.654. The lowest BCUT2D eigenvalue weighted by molar-refractivity contribution is -0.116. The summed E-state index contributed by atoms with van der Waals surface area (Å²) in [5, 5.41) is 2.74. The van der Waals surface area contributed by atoms with Gasteiger partial charge in [0.1, 0.15) is 5.75 Å². The lowest BCUT2D eigenvalue weighted by Crippen LogP contribution is -2.41. The van der Waals surface area contributed by atoms with Gasteiger partial charge < -0.3 is 10.1 Å². The number of amides is 3. The molecule has 0 saturated carbocycles. The van der Waals surface area contributed by atoms with E-state index in [4.69, 9.17) is 4.74 Å². The van der Waals surface area contributed by atoms with Gasteiger partial charge >= 0.3 is 0 Å². The van der Waals surface area contributed by atoms with Crippen LogP contribution in [-0.4, -0.2) is 24.3 Å². The molecule has 3 amide bonds. The molecule has 0 bridgehead atoms. The van der Waals surface area contributed by atoms with Crippen molar-refractivity contribution in [3.8, 4) is 5.75 Å². The molecule has 3 N–H and O–H groups in total. The minimum absolute atomic E-state index is 0.0741. The predicted molar refractivity (Wildman–Crippen MR) is 103 cm³/mol. The van der Waals surface area contributed by atoms with Gasteiger partial charge in [0.15, 0.2) is 0 Å². The van der Waals surface area contributed by atoms with E-state index in [1.807, 2.05) is 13.8 Å². The van der Waals surface area contributed by atoms with Gasteiger partial charge in [0, 0.05) is 17.7 Å². The van der Waals surface area contributed by atoms with Crippen LogP contribution in [0.3, 0.4) is 0 Å². The Balaban J connectivity index is 1.93. The highest BCUT2D eigenvalue weighted by atomic mass is 16.5. The SMILES string of the molecule is CCCC(=O)Nc1ccc(C(=O)NNC(=O)c2ccccc2OCC)cc1. The Morgan fingerprint density at radius 2 is 1.56 bits per heavy atom. The first-order valence-electron chi connectivity index (χ1n) is 8.77. The lowest BCUT2D eigenvalue weighted by atomic mass is 10.2. The maximum atomic E-state index is 12.3. The fourth-order valence-corrected chi connectivity index (χ4v) is 2.34. The van der Waals surface area contributed by atoms with Crippen molar-refractivity contribution >= 4 is 23.4 Å². The van der Waals surface area contributed by atoms with Crippen molar-refractivity contribution in [3.63, 3.8) is 0 Å². The summed E-state index contributed by atoms with van der Waals surface area (Å²) in [6.45, 7) is 4.18. The molecule has 0 saturated heterocycles. The molecule has 7 nitrogen and oxygen atoms in total. The number of anilines is 1. The molecule has 7 heteroatoms. The summed E-state index contributed by atoms with van der Waals surface area (Å²) in [7, 11) is 0. The number of ether oxygens (including phenoxy) is 1. The predicted octanol–water partition coefficient (Wildman–Crippen LogP) is 2.90. The van der Waals surface area contributed by atoms with Crippen molar-refractivity contribution in [1.29, 1.82) is 0 Å². The molecule has 0 spiro atoms. The number of rotatable bonds is 7. The summed E-state index contributed by atoms with van der Waals surface area (Å²) in [5.74, 6) is -0.576. The first-order valence-corrected chi connectivity index (χ1v) is 8.77. The van der Waals surface area contributed by atoms with Crippen molar-refractivity contribution in [3.05, 3.63) is 59.7 Å². The summed E-state index contributed by atoms with van der Waals surface area (Å²) in [4.78, 5) is 36.0. The second-order valence-corrected chi connectivity index (χ2v) is 5.71. The summed E-state index contributed by atoms with van der Waals surface area (Å²) in [5.41, 5.74) is 6.02. The van der Waals surface area contributed by atoms with Crippen molar-refractivity contribution in [2.75, 3.05) is 11.9 Å². The molecule has 2 aromatic carbocycles. The van der Waals surface area contributed by atoms with Gasteiger partial charge in [0.05, 0.1) is 12.2 Å².